The Morgan fingerprint density at radius 2 is 1.90 bits per heavy atom. The summed E-state index contributed by atoms with van der Waals surface area (Å²) in [6, 6.07) is 18.4. The van der Waals surface area contributed by atoms with Crippen LogP contribution in [0.15, 0.2) is 65.1 Å². The van der Waals surface area contributed by atoms with Crippen molar-refractivity contribution in [2.24, 2.45) is 0 Å². The number of ether oxygens (including phenoxy) is 1. The molecule has 1 aromatic heterocycles. The Balaban J connectivity index is 1.48. The minimum atomic E-state index is -0.269. The Bertz CT molecular complexity index is 1170. The summed E-state index contributed by atoms with van der Waals surface area (Å²) in [5, 5.41) is 3.30. The van der Waals surface area contributed by atoms with Gasteiger partial charge in [0.1, 0.15) is 11.3 Å². The third-order valence-electron chi connectivity index (χ3n) is 4.62. The first-order valence-corrected chi connectivity index (χ1v) is 9.53. The molecule has 0 spiro atoms. The second kappa shape index (κ2) is 7.97. The van der Waals surface area contributed by atoms with E-state index in [0.717, 1.165) is 11.1 Å². The number of halogens is 1. The number of benzene rings is 3. The molecule has 5 nitrogen and oxygen atoms in total. The van der Waals surface area contributed by atoms with E-state index in [1.165, 1.54) is 5.56 Å². The van der Waals surface area contributed by atoms with Crippen molar-refractivity contribution in [3.05, 3.63) is 76.8 Å². The van der Waals surface area contributed by atoms with Gasteiger partial charge in [-0.1, -0.05) is 29.8 Å². The zero-order valence-corrected chi connectivity index (χ0v) is 16.8. The standard InChI is InChI=1S/C23H19ClN2O3/c1-14-7-9-17(11-15(14)2)28-13-22(27)25-16-8-10-19(24)18(12-16)23-26-20-5-3-4-6-21(20)29-23/h3-12H,13H2,1-2H3,(H,25,27). The van der Waals surface area contributed by atoms with Crippen molar-refractivity contribution in [2.45, 2.75) is 13.8 Å². The first-order valence-electron chi connectivity index (χ1n) is 9.15. The van der Waals surface area contributed by atoms with Crippen LogP contribution in [0.5, 0.6) is 5.75 Å². The molecule has 3 aromatic carbocycles. The van der Waals surface area contributed by atoms with E-state index in [0.29, 0.717) is 33.5 Å². The molecular formula is C23H19ClN2O3. The average Bonchev–Trinajstić information content (AvgIpc) is 3.14. The van der Waals surface area contributed by atoms with Gasteiger partial charge in [-0.2, -0.15) is 0 Å². The lowest BCUT2D eigenvalue weighted by Crippen LogP contribution is -2.20. The lowest BCUT2D eigenvalue weighted by molar-refractivity contribution is -0.118. The third kappa shape index (κ3) is 4.25. The fourth-order valence-corrected chi connectivity index (χ4v) is 3.10. The van der Waals surface area contributed by atoms with Crippen molar-refractivity contribution in [3.63, 3.8) is 0 Å². The molecule has 1 amide bonds. The minimum Gasteiger partial charge on any atom is -0.484 e. The number of oxazole rings is 1. The molecule has 4 rings (SSSR count). The van der Waals surface area contributed by atoms with E-state index in [1.54, 1.807) is 18.2 Å². The summed E-state index contributed by atoms with van der Waals surface area (Å²) in [5.74, 6) is 0.791. The smallest absolute Gasteiger partial charge is 0.262 e. The van der Waals surface area contributed by atoms with Crippen LogP contribution in [0.1, 0.15) is 11.1 Å². The summed E-state index contributed by atoms with van der Waals surface area (Å²) >= 11 is 6.33. The molecular weight excluding hydrogens is 388 g/mol. The number of aryl methyl sites for hydroxylation is 2. The highest BCUT2D eigenvalue weighted by Gasteiger charge is 2.13. The Hall–Kier alpha value is -3.31. The van der Waals surface area contributed by atoms with E-state index < -0.39 is 0 Å². The quantitative estimate of drug-likeness (QED) is 0.456. The van der Waals surface area contributed by atoms with Crippen LogP contribution < -0.4 is 10.1 Å². The fourth-order valence-electron chi connectivity index (χ4n) is 2.90. The van der Waals surface area contributed by atoms with Gasteiger partial charge in [0.05, 0.1) is 10.6 Å². The van der Waals surface area contributed by atoms with Gasteiger partial charge in [0.2, 0.25) is 5.89 Å². The Kier molecular flexibility index (Phi) is 5.23. The number of rotatable bonds is 5. The molecule has 0 radical (unpaired) electrons. The van der Waals surface area contributed by atoms with Crippen molar-refractivity contribution in [1.82, 2.24) is 4.98 Å². The van der Waals surface area contributed by atoms with Crippen LogP contribution in [0.4, 0.5) is 5.69 Å². The second-order valence-corrected chi connectivity index (χ2v) is 7.17. The van der Waals surface area contributed by atoms with Crippen molar-refractivity contribution in [3.8, 4) is 17.2 Å². The number of anilines is 1. The lowest BCUT2D eigenvalue weighted by atomic mass is 10.1. The number of hydrogen-bond acceptors (Lipinski definition) is 4. The van der Waals surface area contributed by atoms with Gasteiger partial charge in [0.15, 0.2) is 12.2 Å². The minimum absolute atomic E-state index is 0.0939. The van der Waals surface area contributed by atoms with Crippen molar-refractivity contribution in [1.29, 1.82) is 0 Å². The summed E-state index contributed by atoms with van der Waals surface area (Å²) in [7, 11) is 0. The number of hydrogen-bond donors (Lipinski definition) is 1. The van der Waals surface area contributed by atoms with Crippen LogP contribution >= 0.6 is 11.6 Å². The summed E-state index contributed by atoms with van der Waals surface area (Å²) in [4.78, 5) is 16.8. The molecule has 146 valence electrons. The van der Waals surface area contributed by atoms with Gasteiger partial charge in [0.25, 0.3) is 5.91 Å². The van der Waals surface area contributed by atoms with Crippen molar-refractivity contribution >= 4 is 34.3 Å². The maximum atomic E-state index is 12.3. The molecule has 0 saturated heterocycles. The molecule has 0 atom stereocenters. The number of carbonyl (C=O) groups is 1. The molecule has 6 heteroatoms. The molecule has 1 N–H and O–H groups in total. The molecule has 4 aromatic rings. The number of aromatic nitrogens is 1. The van der Waals surface area contributed by atoms with E-state index in [4.69, 9.17) is 20.8 Å². The zero-order valence-electron chi connectivity index (χ0n) is 16.0. The summed E-state index contributed by atoms with van der Waals surface area (Å²) in [5.41, 5.74) is 4.90. The summed E-state index contributed by atoms with van der Waals surface area (Å²) in [6.07, 6.45) is 0. The van der Waals surface area contributed by atoms with E-state index >= 15 is 0 Å². The van der Waals surface area contributed by atoms with Gasteiger partial charge < -0.3 is 14.5 Å². The molecule has 0 aliphatic carbocycles. The van der Waals surface area contributed by atoms with Crippen molar-refractivity contribution < 1.29 is 13.9 Å². The van der Waals surface area contributed by atoms with Crippen LogP contribution in [0.25, 0.3) is 22.6 Å². The highest BCUT2D eigenvalue weighted by molar-refractivity contribution is 6.33. The second-order valence-electron chi connectivity index (χ2n) is 6.76. The number of fused-ring (bicyclic) bond motifs is 1. The number of nitrogens with one attached hydrogen (secondary N) is 1. The molecule has 29 heavy (non-hydrogen) atoms. The summed E-state index contributed by atoms with van der Waals surface area (Å²) < 4.78 is 11.4. The van der Waals surface area contributed by atoms with Crippen LogP contribution in [0.2, 0.25) is 5.02 Å². The number of nitrogens with zero attached hydrogens (tertiary/aromatic N) is 1. The van der Waals surface area contributed by atoms with Crippen LogP contribution in [0, 0.1) is 13.8 Å². The molecule has 0 aliphatic heterocycles. The average molecular weight is 407 g/mol. The van der Waals surface area contributed by atoms with E-state index in [1.807, 2.05) is 56.3 Å². The van der Waals surface area contributed by atoms with E-state index in [-0.39, 0.29) is 12.5 Å². The number of para-hydroxylation sites is 2. The largest absolute Gasteiger partial charge is 0.484 e. The normalized spacial score (nSPS) is 10.9. The van der Waals surface area contributed by atoms with Gasteiger partial charge >= 0.3 is 0 Å². The predicted molar refractivity (Wildman–Crippen MR) is 114 cm³/mol. The number of amides is 1. The number of carbonyl (C=O) groups excluding carboxylic acids is 1. The topological polar surface area (TPSA) is 64.4 Å². The monoisotopic (exact) mass is 406 g/mol. The molecule has 0 aliphatic rings. The van der Waals surface area contributed by atoms with Gasteiger partial charge in [-0.3, -0.25) is 4.79 Å². The van der Waals surface area contributed by atoms with Gasteiger partial charge in [-0.25, -0.2) is 4.98 Å². The molecule has 0 fully saturated rings. The van der Waals surface area contributed by atoms with Gasteiger partial charge in [-0.05, 0) is 67.4 Å². The van der Waals surface area contributed by atoms with E-state index in [2.05, 4.69) is 10.3 Å². The third-order valence-corrected chi connectivity index (χ3v) is 4.95. The lowest BCUT2D eigenvalue weighted by Gasteiger charge is -2.10. The first kappa shape index (κ1) is 19.0. The van der Waals surface area contributed by atoms with Gasteiger partial charge in [0, 0.05) is 5.69 Å². The molecule has 1 heterocycles. The highest BCUT2D eigenvalue weighted by atomic mass is 35.5. The van der Waals surface area contributed by atoms with E-state index in [9.17, 15) is 4.79 Å². The Labute approximate surface area is 173 Å². The Morgan fingerprint density at radius 1 is 1.07 bits per heavy atom. The highest BCUT2D eigenvalue weighted by Crippen LogP contribution is 2.32. The Morgan fingerprint density at radius 3 is 2.69 bits per heavy atom. The van der Waals surface area contributed by atoms with Gasteiger partial charge in [-0.15, -0.1) is 0 Å². The maximum Gasteiger partial charge on any atom is 0.262 e. The van der Waals surface area contributed by atoms with Crippen LogP contribution in [-0.2, 0) is 4.79 Å². The maximum absolute atomic E-state index is 12.3. The molecule has 0 saturated carbocycles. The predicted octanol–water partition coefficient (Wildman–Crippen LogP) is 5.78. The van der Waals surface area contributed by atoms with Crippen LogP contribution in [0.3, 0.4) is 0 Å². The molecule has 0 unspecified atom stereocenters. The SMILES string of the molecule is Cc1ccc(OCC(=O)Nc2ccc(Cl)c(-c3nc4ccccc4o3)c2)cc1C. The fraction of sp³-hybridized carbons (Fsp3) is 0.130. The van der Waals surface area contributed by atoms with Crippen LogP contribution in [-0.4, -0.2) is 17.5 Å². The first-order chi connectivity index (χ1) is 14.0. The van der Waals surface area contributed by atoms with Crippen molar-refractivity contribution in [2.75, 3.05) is 11.9 Å². The summed E-state index contributed by atoms with van der Waals surface area (Å²) in [6.45, 7) is 3.94. The zero-order chi connectivity index (χ0) is 20.4. The molecule has 0 bridgehead atoms.